The zero-order chi connectivity index (χ0) is 18.4. The molecule has 0 heterocycles. The Morgan fingerprint density at radius 3 is 2.32 bits per heavy atom. The molecular weight excluding hydrogens is 348 g/mol. The molecule has 2 rings (SSSR count). The standard InChI is InChI=1S/C16H16N2O6S/c1-23-11-6-8-12(9-7-11)25(21,22)18-14-5-3-2-4-13(14)16(20)24-10-15(17)19/h2-9,18H,10H2,1H3,(H2,17,19). The molecule has 0 aromatic heterocycles. The van der Waals surface area contributed by atoms with E-state index in [0.717, 1.165) is 0 Å². The van der Waals surface area contributed by atoms with Crippen LogP contribution in [0, 0.1) is 0 Å². The van der Waals surface area contributed by atoms with Gasteiger partial charge in [0.15, 0.2) is 6.61 Å². The summed E-state index contributed by atoms with van der Waals surface area (Å²) in [6.45, 7) is -0.599. The number of sulfonamides is 1. The van der Waals surface area contributed by atoms with Crippen molar-refractivity contribution in [1.82, 2.24) is 0 Å². The Hall–Kier alpha value is -3.07. The maximum Gasteiger partial charge on any atom is 0.340 e. The van der Waals surface area contributed by atoms with Crippen LogP contribution in [0.25, 0.3) is 0 Å². The number of para-hydroxylation sites is 1. The molecule has 0 radical (unpaired) electrons. The SMILES string of the molecule is COc1ccc(S(=O)(=O)Nc2ccccc2C(=O)OCC(N)=O)cc1. The van der Waals surface area contributed by atoms with Gasteiger partial charge in [0.1, 0.15) is 5.75 Å². The fraction of sp³-hybridized carbons (Fsp3) is 0.125. The number of rotatable bonds is 7. The number of amides is 1. The van der Waals surface area contributed by atoms with Gasteiger partial charge in [0.25, 0.3) is 15.9 Å². The Balaban J connectivity index is 2.26. The van der Waals surface area contributed by atoms with Crippen molar-refractivity contribution in [2.45, 2.75) is 4.90 Å². The van der Waals surface area contributed by atoms with E-state index in [1.807, 2.05) is 0 Å². The normalized spacial score (nSPS) is 10.8. The van der Waals surface area contributed by atoms with Gasteiger partial charge < -0.3 is 15.2 Å². The highest BCUT2D eigenvalue weighted by atomic mass is 32.2. The Morgan fingerprint density at radius 2 is 1.72 bits per heavy atom. The van der Waals surface area contributed by atoms with E-state index in [-0.39, 0.29) is 16.1 Å². The molecule has 0 saturated carbocycles. The summed E-state index contributed by atoms with van der Waals surface area (Å²) in [7, 11) is -2.46. The second kappa shape index (κ2) is 7.67. The number of anilines is 1. The van der Waals surface area contributed by atoms with Gasteiger partial charge in [-0.2, -0.15) is 0 Å². The van der Waals surface area contributed by atoms with E-state index in [4.69, 9.17) is 15.2 Å². The molecule has 9 heteroatoms. The minimum Gasteiger partial charge on any atom is -0.497 e. The van der Waals surface area contributed by atoms with Crippen LogP contribution in [0.4, 0.5) is 5.69 Å². The van der Waals surface area contributed by atoms with Gasteiger partial charge in [0, 0.05) is 0 Å². The van der Waals surface area contributed by atoms with Crippen molar-refractivity contribution >= 4 is 27.6 Å². The molecule has 132 valence electrons. The van der Waals surface area contributed by atoms with Gasteiger partial charge >= 0.3 is 5.97 Å². The Bertz CT molecular complexity index is 878. The Morgan fingerprint density at radius 1 is 1.08 bits per heavy atom. The first kappa shape index (κ1) is 18.3. The molecule has 0 aliphatic rings. The summed E-state index contributed by atoms with van der Waals surface area (Å²) in [6.07, 6.45) is 0. The highest BCUT2D eigenvalue weighted by molar-refractivity contribution is 7.92. The first-order valence-electron chi connectivity index (χ1n) is 7.05. The largest absolute Gasteiger partial charge is 0.497 e. The maximum absolute atomic E-state index is 12.5. The number of carbonyl (C=O) groups excluding carboxylic acids is 2. The maximum atomic E-state index is 12.5. The van der Waals surface area contributed by atoms with E-state index >= 15 is 0 Å². The highest BCUT2D eigenvalue weighted by Crippen LogP contribution is 2.22. The van der Waals surface area contributed by atoms with E-state index < -0.39 is 28.5 Å². The van der Waals surface area contributed by atoms with Crippen LogP contribution >= 0.6 is 0 Å². The molecule has 0 bridgehead atoms. The molecule has 0 aliphatic carbocycles. The van der Waals surface area contributed by atoms with Gasteiger partial charge in [-0.1, -0.05) is 12.1 Å². The van der Waals surface area contributed by atoms with Crippen LogP contribution in [-0.2, 0) is 19.6 Å². The lowest BCUT2D eigenvalue weighted by Crippen LogP contribution is -2.22. The van der Waals surface area contributed by atoms with E-state index in [2.05, 4.69) is 4.72 Å². The molecule has 2 aromatic rings. The monoisotopic (exact) mass is 364 g/mol. The van der Waals surface area contributed by atoms with Crippen molar-refractivity contribution in [2.24, 2.45) is 5.73 Å². The molecule has 2 aromatic carbocycles. The van der Waals surface area contributed by atoms with Crippen LogP contribution < -0.4 is 15.2 Å². The zero-order valence-electron chi connectivity index (χ0n) is 13.3. The smallest absolute Gasteiger partial charge is 0.340 e. The van der Waals surface area contributed by atoms with Gasteiger partial charge in [-0.25, -0.2) is 13.2 Å². The number of nitrogens with one attached hydrogen (secondary N) is 1. The number of esters is 1. The molecule has 0 aliphatic heterocycles. The Labute approximate surface area is 144 Å². The minimum absolute atomic E-state index is 0.00592. The van der Waals surface area contributed by atoms with Crippen LogP contribution in [0.1, 0.15) is 10.4 Å². The summed E-state index contributed by atoms with van der Waals surface area (Å²) < 4.78 is 37.0. The summed E-state index contributed by atoms with van der Waals surface area (Å²) in [4.78, 5) is 22.7. The molecular formula is C16H16N2O6S. The number of benzene rings is 2. The fourth-order valence-electron chi connectivity index (χ4n) is 1.92. The average molecular weight is 364 g/mol. The molecule has 0 fully saturated rings. The van der Waals surface area contributed by atoms with E-state index in [1.165, 1.54) is 49.6 Å². The van der Waals surface area contributed by atoms with Gasteiger partial charge in [0.05, 0.1) is 23.3 Å². The second-order valence-corrected chi connectivity index (χ2v) is 6.55. The second-order valence-electron chi connectivity index (χ2n) is 4.87. The number of nitrogens with two attached hydrogens (primary N) is 1. The van der Waals surface area contributed by atoms with Gasteiger partial charge in [-0.05, 0) is 36.4 Å². The first-order valence-corrected chi connectivity index (χ1v) is 8.53. The van der Waals surface area contributed by atoms with Crippen molar-refractivity contribution in [3.63, 3.8) is 0 Å². The van der Waals surface area contributed by atoms with Crippen LogP contribution in [0.5, 0.6) is 5.75 Å². The highest BCUT2D eigenvalue weighted by Gasteiger charge is 2.19. The van der Waals surface area contributed by atoms with Gasteiger partial charge in [0.2, 0.25) is 0 Å². The molecule has 0 unspecified atom stereocenters. The third-order valence-corrected chi connectivity index (χ3v) is 4.49. The third-order valence-electron chi connectivity index (χ3n) is 3.11. The Kier molecular flexibility index (Phi) is 5.60. The third kappa shape index (κ3) is 4.70. The number of carbonyl (C=O) groups is 2. The predicted octanol–water partition coefficient (Wildman–Crippen LogP) is 1.14. The molecule has 1 amide bonds. The molecule has 0 spiro atoms. The van der Waals surface area contributed by atoms with Gasteiger partial charge in [-0.3, -0.25) is 9.52 Å². The van der Waals surface area contributed by atoms with E-state index in [1.54, 1.807) is 6.07 Å². The summed E-state index contributed by atoms with van der Waals surface area (Å²) >= 11 is 0. The van der Waals surface area contributed by atoms with Crippen LogP contribution in [0.15, 0.2) is 53.4 Å². The summed E-state index contributed by atoms with van der Waals surface area (Å²) in [5.41, 5.74) is 4.90. The minimum atomic E-state index is -3.93. The van der Waals surface area contributed by atoms with Crippen molar-refractivity contribution in [3.8, 4) is 5.75 Å². The first-order chi connectivity index (χ1) is 11.8. The van der Waals surface area contributed by atoms with Crippen LogP contribution in [-0.4, -0.2) is 34.0 Å². The summed E-state index contributed by atoms with van der Waals surface area (Å²) in [5.74, 6) is -1.18. The van der Waals surface area contributed by atoms with Crippen molar-refractivity contribution < 1.29 is 27.5 Å². The fourth-order valence-corrected chi connectivity index (χ4v) is 3.00. The lowest BCUT2D eigenvalue weighted by molar-refractivity contribution is -0.121. The number of hydrogen-bond donors (Lipinski definition) is 2. The number of primary amides is 1. The number of methoxy groups -OCH3 is 1. The van der Waals surface area contributed by atoms with Crippen LogP contribution in [0.3, 0.4) is 0 Å². The van der Waals surface area contributed by atoms with Crippen molar-refractivity contribution in [2.75, 3.05) is 18.4 Å². The molecule has 25 heavy (non-hydrogen) atoms. The molecule has 0 saturated heterocycles. The van der Waals surface area contributed by atoms with Gasteiger partial charge in [-0.15, -0.1) is 0 Å². The summed E-state index contributed by atoms with van der Waals surface area (Å²) in [5, 5.41) is 0. The quantitative estimate of drug-likeness (QED) is 0.710. The molecule has 3 N–H and O–H groups in total. The van der Waals surface area contributed by atoms with E-state index in [0.29, 0.717) is 5.75 Å². The molecule has 8 nitrogen and oxygen atoms in total. The predicted molar refractivity (Wildman–Crippen MR) is 89.7 cm³/mol. The average Bonchev–Trinajstić information content (AvgIpc) is 2.60. The van der Waals surface area contributed by atoms with Crippen molar-refractivity contribution in [3.05, 3.63) is 54.1 Å². The molecule has 0 atom stereocenters. The topological polar surface area (TPSA) is 125 Å². The summed E-state index contributed by atoms with van der Waals surface area (Å²) in [6, 6.07) is 11.6. The van der Waals surface area contributed by atoms with E-state index in [9.17, 15) is 18.0 Å². The number of hydrogen-bond acceptors (Lipinski definition) is 6. The number of ether oxygens (including phenoxy) is 2. The van der Waals surface area contributed by atoms with Crippen molar-refractivity contribution in [1.29, 1.82) is 0 Å². The zero-order valence-corrected chi connectivity index (χ0v) is 14.1. The van der Waals surface area contributed by atoms with Crippen LogP contribution in [0.2, 0.25) is 0 Å². The lowest BCUT2D eigenvalue weighted by Gasteiger charge is -2.12. The lowest BCUT2D eigenvalue weighted by atomic mass is 10.2.